The molecule has 0 unspecified atom stereocenters. The van der Waals surface area contributed by atoms with E-state index in [0.717, 1.165) is 21.5 Å². The number of benzene rings is 4. The van der Waals surface area contributed by atoms with Crippen molar-refractivity contribution in [3.63, 3.8) is 0 Å². The Hall–Kier alpha value is -1.37. The number of phenols is 1. The van der Waals surface area contributed by atoms with E-state index >= 15 is 0 Å². The molecule has 0 atom stereocenters. The second-order valence-corrected chi connectivity index (χ2v) is 6.44. The van der Waals surface area contributed by atoms with Crippen LogP contribution in [-0.2, 0) is 10.1 Å². The van der Waals surface area contributed by atoms with E-state index < -0.39 is 10.1 Å². The number of hydrogen-bond donors (Lipinski definition) is 2. The summed E-state index contributed by atoms with van der Waals surface area (Å²) in [6, 6.07) is 13.7. The zero-order chi connectivity index (χ0) is 14.8. The molecule has 4 rings (SSSR count). The summed E-state index contributed by atoms with van der Waals surface area (Å²) >= 11 is 0. The fraction of sp³-hybridized carbons (Fsp3) is 0. The van der Waals surface area contributed by atoms with Crippen LogP contribution < -0.4 is 0 Å². The van der Waals surface area contributed by atoms with Crippen LogP contribution in [0.3, 0.4) is 0 Å². The predicted octanol–water partition coefficient (Wildman–Crippen LogP) is 2.89. The van der Waals surface area contributed by atoms with Gasteiger partial charge in [0, 0.05) is 16.2 Å². The molecule has 106 valence electrons. The molecule has 0 amide bonds. The molecule has 0 spiro atoms. The maximum atomic E-state index is 11.7. The average molecular weight is 322 g/mol. The van der Waals surface area contributed by atoms with Gasteiger partial charge in [-0.05, 0) is 28.3 Å². The van der Waals surface area contributed by atoms with Crippen LogP contribution in [0.4, 0.5) is 0 Å². The number of phenolic OH excluding ortho intramolecular Hbond substituents is 1. The van der Waals surface area contributed by atoms with Crippen molar-refractivity contribution in [1.29, 1.82) is 0 Å². The zero-order valence-electron chi connectivity index (χ0n) is 10.7. The third-order valence-corrected chi connectivity index (χ3v) is 4.76. The van der Waals surface area contributed by atoms with E-state index in [1.165, 1.54) is 12.1 Å². The second-order valence-electron chi connectivity index (χ2n) is 5.05. The Bertz CT molecular complexity index is 1120. The van der Waals surface area contributed by atoms with Gasteiger partial charge in [-0.15, -0.1) is 0 Å². The fourth-order valence-electron chi connectivity index (χ4n) is 2.98. The Labute approximate surface area is 148 Å². The molecule has 0 heterocycles. The fourth-order valence-corrected chi connectivity index (χ4v) is 3.70. The summed E-state index contributed by atoms with van der Waals surface area (Å²) in [5, 5.41) is 14.2. The summed E-state index contributed by atoms with van der Waals surface area (Å²) in [5.41, 5.74) is 0. The summed E-state index contributed by atoms with van der Waals surface area (Å²) < 4.78 is 32.8. The van der Waals surface area contributed by atoms with Gasteiger partial charge in [0.15, 0.2) is 0 Å². The Balaban J connectivity index is 0.00000144. The van der Waals surface area contributed by atoms with Crippen molar-refractivity contribution in [2.45, 2.75) is 4.90 Å². The molecule has 0 aliphatic rings. The molecule has 0 fully saturated rings. The molecule has 0 radical (unpaired) electrons. The van der Waals surface area contributed by atoms with Gasteiger partial charge in [0.1, 0.15) is 10.6 Å². The molecule has 22 heavy (non-hydrogen) atoms. The van der Waals surface area contributed by atoms with Crippen LogP contribution in [0.15, 0.2) is 53.4 Å². The van der Waals surface area contributed by atoms with Gasteiger partial charge in [-0.1, -0.05) is 36.4 Å². The molecule has 4 aromatic carbocycles. The minimum absolute atomic E-state index is 0. The molecular weight excluding hydrogens is 311 g/mol. The van der Waals surface area contributed by atoms with Crippen molar-refractivity contribution < 1.29 is 18.1 Å². The summed E-state index contributed by atoms with van der Waals surface area (Å²) in [7, 11) is -4.38. The Kier molecular flexibility index (Phi) is 3.58. The number of rotatable bonds is 1. The van der Waals surface area contributed by atoms with Gasteiger partial charge < -0.3 is 5.11 Å². The monoisotopic (exact) mass is 322 g/mol. The van der Waals surface area contributed by atoms with Crippen LogP contribution in [0.2, 0.25) is 0 Å². The van der Waals surface area contributed by atoms with E-state index in [1.54, 1.807) is 18.2 Å². The van der Waals surface area contributed by atoms with Crippen LogP contribution >= 0.6 is 0 Å². The Morgan fingerprint density at radius 2 is 1.41 bits per heavy atom. The topological polar surface area (TPSA) is 74.6 Å². The third-order valence-electron chi connectivity index (χ3n) is 3.86. The van der Waals surface area contributed by atoms with Gasteiger partial charge in [-0.3, -0.25) is 4.55 Å². The van der Waals surface area contributed by atoms with Gasteiger partial charge in [0.2, 0.25) is 0 Å². The van der Waals surface area contributed by atoms with E-state index in [4.69, 9.17) is 0 Å². The van der Waals surface area contributed by atoms with E-state index in [1.807, 2.05) is 18.2 Å². The zero-order valence-corrected chi connectivity index (χ0v) is 11.6. The van der Waals surface area contributed by atoms with Gasteiger partial charge in [-0.25, -0.2) is 0 Å². The molecule has 0 saturated carbocycles. The van der Waals surface area contributed by atoms with E-state index in [-0.39, 0.29) is 40.2 Å². The van der Waals surface area contributed by atoms with Crippen LogP contribution in [-0.4, -0.2) is 47.6 Å². The van der Waals surface area contributed by atoms with Gasteiger partial charge in [0.05, 0.1) is 0 Å². The van der Waals surface area contributed by atoms with Crippen molar-refractivity contribution in [2.24, 2.45) is 0 Å². The predicted molar refractivity (Wildman–Crippen MR) is 88.8 cm³/mol. The van der Waals surface area contributed by atoms with Crippen molar-refractivity contribution >= 4 is 72.0 Å². The quantitative estimate of drug-likeness (QED) is 0.321. The normalized spacial score (nSPS) is 12.0. The Morgan fingerprint density at radius 3 is 2.09 bits per heavy atom. The minimum atomic E-state index is -4.38. The first kappa shape index (κ1) is 15.5. The first-order valence-corrected chi connectivity index (χ1v) is 7.78. The van der Waals surface area contributed by atoms with Crippen LogP contribution in [0, 0.1) is 0 Å². The molecule has 4 nitrogen and oxygen atoms in total. The van der Waals surface area contributed by atoms with E-state index in [2.05, 4.69) is 0 Å². The molecular formula is C16H11NaO4S. The van der Waals surface area contributed by atoms with Gasteiger partial charge in [0.25, 0.3) is 10.1 Å². The summed E-state index contributed by atoms with van der Waals surface area (Å²) in [4.78, 5) is -0.186. The Morgan fingerprint density at radius 1 is 0.818 bits per heavy atom. The van der Waals surface area contributed by atoms with Gasteiger partial charge in [-0.2, -0.15) is 8.42 Å². The van der Waals surface area contributed by atoms with E-state index in [0.29, 0.717) is 10.8 Å². The molecule has 0 bridgehead atoms. The maximum absolute atomic E-state index is 11.7. The summed E-state index contributed by atoms with van der Waals surface area (Å²) in [5.74, 6) is -0.00865. The molecule has 0 aliphatic carbocycles. The summed E-state index contributed by atoms with van der Waals surface area (Å²) in [6.45, 7) is 0. The standard InChI is InChI=1S/C16H10O4S.Na.H/c17-13-7-6-10-5-4-9-2-1-3-11-14(21(18,19)20)8-12(13)16(10)15(9)11;;/h1-8,17H,(H,18,19,20);;. The van der Waals surface area contributed by atoms with Crippen LogP contribution in [0.1, 0.15) is 0 Å². The number of hydrogen-bond acceptors (Lipinski definition) is 3. The first-order valence-electron chi connectivity index (χ1n) is 6.34. The second kappa shape index (κ2) is 5.08. The van der Waals surface area contributed by atoms with Crippen molar-refractivity contribution in [2.75, 3.05) is 0 Å². The van der Waals surface area contributed by atoms with Crippen molar-refractivity contribution in [3.8, 4) is 5.75 Å². The molecule has 0 saturated heterocycles. The SMILES string of the molecule is O=S(=O)(O)c1cc2c(O)ccc3ccc4cccc1c4c32.[NaH]. The number of aromatic hydroxyl groups is 1. The van der Waals surface area contributed by atoms with Crippen molar-refractivity contribution in [3.05, 3.63) is 48.5 Å². The summed E-state index contributed by atoms with van der Waals surface area (Å²) in [6.07, 6.45) is 0. The van der Waals surface area contributed by atoms with Crippen molar-refractivity contribution in [1.82, 2.24) is 0 Å². The molecule has 0 aliphatic heterocycles. The molecule has 0 aromatic heterocycles. The van der Waals surface area contributed by atoms with Crippen LogP contribution in [0.5, 0.6) is 5.75 Å². The van der Waals surface area contributed by atoms with E-state index in [9.17, 15) is 18.1 Å². The molecule has 4 aromatic rings. The molecule has 2 N–H and O–H groups in total. The van der Waals surface area contributed by atoms with Gasteiger partial charge >= 0.3 is 29.6 Å². The molecule has 6 heteroatoms. The third kappa shape index (κ3) is 2.09. The first-order chi connectivity index (χ1) is 9.97. The van der Waals surface area contributed by atoms with Crippen LogP contribution in [0.25, 0.3) is 32.3 Å². The average Bonchev–Trinajstić information content (AvgIpc) is 2.45.